The maximum atomic E-state index is 12.2. The highest BCUT2D eigenvalue weighted by Gasteiger charge is 2.13. The monoisotopic (exact) mass is 396 g/mol. The van der Waals surface area contributed by atoms with E-state index < -0.39 is 5.97 Å². The van der Waals surface area contributed by atoms with Crippen LogP contribution in [0.25, 0.3) is 16.3 Å². The summed E-state index contributed by atoms with van der Waals surface area (Å²) < 4.78 is 11.2. The highest BCUT2D eigenvalue weighted by Crippen LogP contribution is 2.22. The van der Waals surface area contributed by atoms with Crippen LogP contribution in [0.5, 0.6) is 5.75 Å². The van der Waals surface area contributed by atoms with Crippen LogP contribution in [0.2, 0.25) is 0 Å². The first-order chi connectivity index (χ1) is 13.5. The van der Waals surface area contributed by atoms with Crippen molar-refractivity contribution < 1.29 is 19.1 Å². The van der Waals surface area contributed by atoms with Crippen molar-refractivity contribution in [3.63, 3.8) is 0 Å². The van der Waals surface area contributed by atoms with Crippen LogP contribution >= 0.6 is 11.3 Å². The van der Waals surface area contributed by atoms with Gasteiger partial charge < -0.3 is 14.4 Å². The number of nitrogens with zero attached hydrogens (tertiary/aromatic N) is 2. The molecule has 0 radical (unpaired) electrons. The summed E-state index contributed by atoms with van der Waals surface area (Å²) in [6, 6.07) is 15.1. The lowest BCUT2D eigenvalue weighted by molar-refractivity contribution is -0.147. The first kappa shape index (κ1) is 19.6. The molecular formula is C21H20N2O4S. The number of aromatic nitrogens is 1. The number of fused-ring (bicyclic) bond motifs is 1. The van der Waals surface area contributed by atoms with Gasteiger partial charge in [0.25, 0.3) is 5.91 Å². The zero-order valence-electron chi connectivity index (χ0n) is 15.6. The third-order valence-electron chi connectivity index (χ3n) is 3.98. The van der Waals surface area contributed by atoms with Crippen molar-refractivity contribution >= 4 is 39.5 Å². The number of ether oxygens (including phenoxy) is 2. The summed E-state index contributed by atoms with van der Waals surface area (Å²) in [5.41, 5.74) is 1.72. The Labute approximate surface area is 167 Å². The molecule has 0 aliphatic heterocycles. The molecule has 3 rings (SSSR count). The number of amides is 1. The topological polar surface area (TPSA) is 68.7 Å². The fourth-order valence-corrected chi connectivity index (χ4v) is 3.50. The van der Waals surface area contributed by atoms with E-state index in [9.17, 15) is 9.59 Å². The van der Waals surface area contributed by atoms with E-state index in [0.717, 1.165) is 20.8 Å². The maximum absolute atomic E-state index is 12.2. The Hall–Kier alpha value is -3.19. The second-order valence-electron chi connectivity index (χ2n) is 6.04. The number of hydrogen-bond donors (Lipinski definition) is 0. The van der Waals surface area contributed by atoms with Crippen molar-refractivity contribution in [2.75, 3.05) is 20.8 Å². The second kappa shape index (κ2) is 9.14. The number of benzene rings is 2. The molecule has 0 aliphatic rings. The minimum Gasteiger partial charge on any atom is -0.497 e. The Morgan fingerprint density at radius 3 is 2.79 bits per heavy atom. The Morgan fingerprint density at radius 2 is 2.00 bits per heavy atom. The molecule has 0 N–H and O–H groups in total. The molecule has 0 unspecified atom stereocenters. The summed E-state index contributed by atoms with van der Waals surface area (Å²) in [6.07, 6.45) is 2.90. The number of carbonyl (C=O) groups is 2. The molecule has 0 bridgehead atoms. The van der Waals surface area contributed by atoms with E-state index in [1.165, 1.54) is 11.0 Å². The van der Waals surface area contributed by atoms with E-state index in [0.29, 0.717) is 12.3 Å². The molecule has 0 saturated heterocycles. The molecular weight excluding hydrogens is 376 g/mol. The Balaban J connectivity index is 1.49. The minimum atomic E-state index is -0.579. The van der Waals surface area contributed by atoms with Gasteiger partial charge in [-0.3, -0.25) is 4.79 Å². The molecule has 1 heterocycles. The van der Waals surface area contributed by atoms with Crippen LogP contribution in [-0.4, -0.2) is 42.5 Å². The molecule has 1 aromatic heterocycles. The SMILES string of the molecule is COc1cccc(/C=C/C(=O)OCC(=O)N(C)Cc2nc3ccccc3s2)c1. The van der Waals surface area contributed by atoms with Gasteiger partial charge in [0.15, 0.2) is 6.61 Å². The Bertz CT molecular complexity index is 979. The van der Waals surface area contributed by atoms with E-state index in [1.807, 2.05) is 42.5 Å². The van der Waals surface area contributed by atoms with Gasteiger partial charge in [0, 0.05) is 13.1 Å². The zero-order chi connectivity index (χ0) is 19.9. The van der Waals surface area contributed by atoms with Gasteiger partial charge in [0.2, 0.25) is 0 Å². The quantitative estimate of drug-likeness (QED) is 0.451. The van der Waals surface area contributed by atoms with E-state index in [1.54, 1.807) is 37.6 Å². The van der Waals surface area contributed by atoms with Crippen LogP contribution < -0.4 is 4.74 Å². The van der Waals surface area contributed by atoms with Crippen molar-refractivity contribution in [3.8, 4) is 5.75 Å². The zero-order valence-corrected chi connectivity index (χ0v) is 16.4. The second-order valence-corrected chi connectivity index (χ2v) is 7.16. The predicted molar refractivity (Wildman–Crippen MR) is 109 cm³/mol. The van der Waals surface area contributed by atoms with Gasteiger partial charge in [-0.25, -0.2) is 9.78 Å². The van der Waals surface area contributed by atoms with Crippen LogP contribution in [-0.2, 0) is 20.9 Å². The number of para-hydroxylation sites is 1. The molecule has 28 heavy (non-hydrogen) atoms. The molecule has 1 amide bonds. The number of likely N-dealkylation sites (N-methyl/N-ethyl adjacent to an activating group) is 1. The highest BCUT2D eigenvalue weighted by molar-refractivity contribution is 7.18. The average molecular weight is 396 g/mol. The fourth-order valence-electron chi connectivity index (χ4n) is 2.48. The van der Waals surface area contributed by atoms with E-state index in [2.05, 4.69) is 4.98 Å². The average Bonchev–Trinajstić information content (AvgIpc) is 3.12. The number of carbonyl (C=O) groups excluding carboxylic acids is 2. The number of esters is 1. The third-order valence-corrected chi connectivity index (χ3v) is 5.00. The summed E-state index contributed by atoms with van der Waals surface area (Å²) in [6.45, 7) is 0.0536. The number of hydrogen-bond acceptors (Lipinski definition) is 6. The lowest BCUT2D eigenvalue weighted by Gasteiger charge is -2.15. The molecule has 2 aromatic carbocycles. The van der Waals surface area contributed by atoms with E-state index in [-0.39, 0.29) is 12.5 Å². The van der Waals surface area contributed by atoms with Gasteiger partial charge >= 0.3 is 5.97 Å². The standard InChI is InChI=1S/C21H20N2O4S/c1-23(13-19-22-17-8-3-4-9-18(17)28-19)20(24)14-27-21(25)11-10-15-6-5-7-16(12-15)26-2/h3-12H,13-14H2,1-2H3/b11-10+. The number of rotatable bonds is 7. The highest BCUT2D eigenvalue weighted by atomic mass is 32.1. The first-order valence-electron chi connectivity index (χ1n) is 8.62. The fraction of sp³-hybridized carbons (Fsp3) is 0.190. The van der Waals surface area contributed by atoms with Gasteiger partial charge in [0.1, 0.15) is 10.8 Å². The van der Waals surface area contributed by atoms with E-state index >= 15 is 0 Å². The molecule has 0 spiro atoms. The summed E-state index contributed by atoms with van der Waals surface area (Å²) in [5, 5.41) is 0.835. The minimum absolute atomic E-state index is 0.289. The molecule has 0 atom stereocenters. The summed E-state index contributed by atoms with van der Waals surface area (Å²) in [5.74, 6) is -0.172. The summed E-state index contributed by atoms with van der Waals surface area (Å²) >= 11 is 1.54. The summed E-state index contributed by atoms with van der Waals surface area (Å²) in [4.78, 5) is 30.1. The molecule has 144 valence electrons. The van der Waals surface area contributed by atoms with Crippen LogP contribution in [0.3, 0.4) is 0 Å². The molecule has 3 aromatic rings. The van der Waals surface area contributed by atoms with Crippen LogP contribution in [0.15, 0.2) is 54.6 Å². The largest absolute Gasteiger partial charge is 0.497 e. The van der Waals surface area contributed by atoms with Crippen molar-refractivity contribution in [2.24, 2.45) is 0 Å². The van der Waals surface area contributed by atoms with Crippen molar-refractivity contribution in [3.05, 3.63) is 65.2 Å². The molecule has 0 aliphatic carbocycles. The number of methoxy groups -OCH3 is 1. The normalized spacial score (nSPS) is 10.9. The lowest BCUT2D eigenvalue weighted by Crippen LogP contribution is -2.30. The maximum Gasteiger partial charge on any atom is 0.331 e. The van der Waals surface area contributed by atoms with Crippen molar-refractivity contribution in [2.45, 2.75) is 6.54 Å². The van der Waals surface area contributed by atoms with E-state index in [4.69, 9.17) is 9.47 Å². The van der Waals surface area contributed by atoms with Crippen LogP contribution in [0.1, 0.15) is 10.6 Å². The Kier molecular flexibility index (Phi) is 6.39. The van der Waals surface area contributed by atoms with Gasteiger partial charge in [-0.05, 0) is 35.9 Å². The Morgan fingerprint density at radius 1 is 1.18 bits per heavy atom. The lowest BCUT2D eigenvalue weighted by atomic mass is 10.2. The van der Waals surface area contributed by atoms with Crippen molar-refractivity contribution in [1.29, 1.82) is 0 Å². The van der Waals surface area contributed by atoms with Crippen LogP contribution in [0.4, 0.5) is 0 Å². The molecule has 0 saturated carbocycles. The summed E-state index contributed by atoms with van der Waals surface area (Å²) in [7, 11) is 3.24. The van der Waals surface area contributed by atoms with Crippen molar-refractivity contribution in [1.82, 2.24) is 9.88 Å². The van der Waals surface area contributed by atoms with Gasteiger partial charge in [0.05, 0.1) is 23.9 Å². The smallest absolute Gasteiger partial charge is 0.331 e. The number of thiazole rings is 1. The first-order valence-corrected chi connectivity index (χ1v) is 9.44. The third kappa shape index (κ3) is 5.17. The van der Waals surface area contributed by atoms with Gasteiger partial charge in [-0.2, -0.15) is 0 Å². The molecule has 6 nitrogen and oxygen atoms in total. The van der Waals surface area contributed by atoms with Crippen LogP contribution in [0, 0.1) is 0 Å². The molecule has 7 heteroatoms. The van der Waals surface area contributed by atoms with Gasteiger partial charge in [-0.1, -0.05) is 24.3 Å². The molecule has 0 fully saturated rings. The predicted octanol–water partition coefficient (Wildman–Crippen LogP) is 3.52. The van der Waals surface area contributed by atoms with Gasteiger partial charge in [-0.15, -0.1) is 11.3 Å².